The molecule has 1 N–H and O–H groups in total. The molecule has 0 atom stereocenters. The SMILES string of the molecule is O=c1c2sccc2nc(N2CCC(O)CC2)n1Cc1ccc(F)cc1Cl. The third-order valence-corrected chi connectivity index (χ3v) is 5.88. The van der Waals surface area contributed by atoms with Gasteiger partial charge in [0.25, 0.3) is 5.56 Å². The molecule has 0 spiro atoms. The highest BCUT2D eigenvalue weighted by molar-refractivity contribution is 7.17. The summed E-state index contributed by atoms with van der Waals surface area (Å²) in [6.45, 7) is 1.47. The predicted molar refractivity (Wildman–Crippen MR) is 102 cm³/mol. The van der Waals surface area contributed by atoms with Crippen molar-refractivity contribution in [3.63, 3.8) is 0 Å². The molecule has 4 rings (SSSR count). The summed E-state index contributed by atoms with van der Waals surface area (Å²) < 4.78 is 15.5. The predicted octanol–water partition coefficient (Wildman–Crippen LogP) is 3.26. The third kappa shape index (κ3) is 3.22. The Morgan fingerprint density at radius 2 is 2.08 bits per heavy atom. The van der Waals surface area contributed by atoms with Crippen LogP contribution in [0.2, 0.25) is 5.02 Å². The number of anilines is 1. The first kappa shape index (κ1) is 17.5. The van der Waals surface area contributed by atoms with Gasteiger partial charge in [-0.3, -0.25) is 9.36 Å². The molecule has 3 heterocycles. The quantitative estimate of drug-likeness (QED) is 0.742. The molecule has 2 aromatic heterocycles. The van der Waals surface area contributed by atoms with Crippen LogP contribution in [0.1, 0.15) is 18.4 Å². The molecule has 1 fully saturated rings. The van der Waals surface area contributed by atoms with E-state index in [-0.39, 0.29) is 23.2 Å². The molecule has 0 amide bonds. The summed E-state index contributed by atoms with van der Waals surface area (Å²) in [5.74, 6) is 0.149. The molecule has 0 saturated carbocycles. The van der Waals surface area contributed by atoms with Crippen molar-refractivity contribution in [2.45, 2.75) is 25.5 Å². The van der Waals surface area contributed by atoms with Crippen LogP contribution in [0.25, 0.3) is 10.2 Å². The van der Waals surface area contributed by atoms with Gasteiger partial charge in [0.2, 0.25) is 5.95 Å². The Morgan fingerprint density at radius 3 is 2.81 bits per heavy atom. The van der Waals surface area contributed by atoms with E-state index >= 15 is 0 Å². The molecule has 136 valence electrons. The van der Waals surface area contributed by atoms with Crippen molar-refractivity contribution in [3.8, 4) is 0 Å². The van der Waals surface area contributed by atoms with Crippen molar-refractivity contribution < 1.29 is 9.50 Å². The number of aliphatic hydroxyl groups is 1. The number of aromatic nitrogens is 2. The number of halogens is 2. The second kappa shape index (κ2) is 6.98. The maximum atomic E-state index is 13.3. The minimum atomic E-state index is -0.414. The fourth-order valence-corrected chi connectivity index (χ4v) is 4.21. The second-order valence-electron chi connectivity index (χ2n) is 6.39. The van der Waals surface area contributed by atoms with Crippen molar-refractivity contribution >= 4 is 39.1 Å². The minimum absolute atomic E-state index is 0.133. The number of benzene rings is 1. The van der Waals surface area contributed by atoms with Gasteiger partial charge in [-0.1, -0.05) is 17.7 Å². The molecule has 3 aromatic rings. The standard InChI is InChI=1S/C18H17ClFN3O2S/c19-14-9-12(20)2-1-11(14)10-23-17(25)16-15(5-8-26-16)21-18(23)22-6-3-13(24)4-7-22/h1-2,5,8-9,13,24H,3-4,6-7,10H2. The lowest BCUT2D eigenvalue weighted by Crippen LogP contribution is -2.40. The number of thiophene rings is 1. The van der Waals surface area contributed by atoms with Gasteiger partial charge in [0.1, 0.15) is 10.5 Å². The van der Waals surface area contributed by atoms with Crippen LogP contribution in [-0.4, -0.2) is 33.9 Å². The topological polar surface area (TPSA) is 58.4 Å². The number of rotatable bonds is 3. The number of piperidine rings is 1. The number of hydrogen-bond acceptors (Lipinski definition) is 5. The number of nitrogens with zero attached hydrogens (tertiary/aromatic N) is 3. The Kier molecular flexibility index (Phi) is 4.69. The van der Waals surface area contributed by atoms with Gasteiger partial charge in [0.15, 0.2) is 0 Å². The van der Waals surface area contributed by atoms with Crippen LogP contribution >= 0.6 is 22.9 Å². The molecular weight excluding hydrogens is 377 g/mol. The van der Waals surface area contributed by atoms with E-state index in [0.29, 0.717) is 47.7 Å². The molecule has 0 radical (unpaired) electrons. The average molecular weight is 394 g/mol. The van der Waals surface area contributed by atoms with E-state index in [1.807, 2.05) is 16.3 Å². The van der Waals surface area contributed by atoms with Gasteiger partial charge in [-0.2, -0.15) is 0 Å². The van der Waals surface area contributed by atoms with Crippen LogP contribution in [0.15, 0.2) is 34.4 Å². The zero-order valence-corrected chi connectivity index (χ0v) is 15.4. The van der Waals surface area contributed by atoms with Crippen LogP contribution in [0, 0.1) is 5.82 Å². The van der Waals surface area contributed by atoms with Gasteiger partial charge < -0.3 is 10.0 Å². The van der Waals surface area contributed by atoms with Gasteiger partial charge >= 0.3 is 0 Å². The lowest BCUT2D eigenvalue weighted by atomic mass is 10.1. The molecule has 1 aliphatic heterocycles. The number of aliphatic hydroxyl groups excluding tert-OH is 1. The maximum Gasteiger partial charge on any atom is 0.273 e. The summed E-state index contributed by atoms with van der Waals surface area (Å²) >= 11 is 7.52. The van der Waals surface area contributed by atoms with E-state index in [2.05, 4.69) is 4.98 Å². The maximum absolute atomic E-state index is 13.3. The first-order valence-electron chi connectivity index (χ1n) is 8.38. The smallest absolute Gasteiger partial charge is 0.273 e. The van der Waals surface area contributed by atoms with Gasteiger partial charge in [0.05, 0.1) is 18.2 Å². The summed E-state index contributed by atoms with van der Waals surface area (Å²) in [4.78, 5) is 19.7. The average Bonchev–Trinajstić information content (AvgIpc) is 3.09. The molecular formula is C18H17ClFN3O2S. The van der Waals surface area contributed by atoms with E-state index in [1.165, 1.54) is 23.5 Å². The summed E-state index contributed by atoms with van der Waals surface area (Å²) in [7, 11) is 0. The molecule has 5 nitrogen and oxygen atoms in total. The first-order chi connectivity index (χ1) is 12.5. The zero-order chi connectivity index (χ0) is 18.3. The fourth-order valence-electron chi connectivity index (χ4n) is 3.20. The molecule has 0 unspecified atom stereocenters. The Hall–Kier alpha value is -1.96. The first-order valence-corrected chi connectivity index (χ1v) is 9.63. The van der Waals surface area contributed by atoms with Crippen molar-refractivity contribution in [2.75, 3.05) is 18.0 Å². The highest BCUT2D eigenvalue weighted by Crippen LogP contribution is 2.25. The van der Waals surface area contributed by atoms with Crippen molar-refractivity contribution in [2.24, 2.45) is 0 Å². The van der Waals surface area contributed by atoms with E-state index < -0.39 is 5.82 Å². The van der Waals surface area contributed by atoms with E-state index in [1.54, 1.807) is 10.6 Å². The Bertz CT molecular complexity index is 1010. The molecule has 0 bridgehead atoms. The highest BCUT2D eigenvalue weighted by atomic mass is 35.5. The van der Waals surface area contributed by atoms with Crippen LogP contribution in [0.3, 0.4) is 0 Å². The molecule has 1 aromatic carbocycles. The van der Waals surface area contributed by atoms with Crippen molar-refractivity contribution in [1.82, 2.24) is 9.55 Å². The van der Waals surface area contributed by atoms with Crippen molar-refractivity contribution in [1.29, 1.82) is 0 Å². The zero-order valence-electron chi connectivity index (χ0n) is 13.9. The molecule has 0 aliphatic carbocycles. The second-order valence-corrected chi connectivity index (χ2v) is 7.72. The molecule has 26 heavy (non-hydrogen) atoms. The van der Waals surface area contributed by atoms with Crippen LogP contribution < -0.4 is 10.5 Å². The molecule has 1 aliphatic rings. The monoisotopic (exact) mass is 393 g/mol. The van der Waals surface area contributed by atoms with E-state index in [9.17, 15) is 14.3 Å². The summed E-state index contributed by atoms with van der Waals surface area (Å²) in [5, 5.41) is 11.9. The number of hydrogen-bond donors (Lipinski definition) is 1. The minimum Gasteiger partial charge on any atom is -0.393 e. The highest BCUT2D eigenvalue weighted by Gasteiger charge is 2.23. The third-order valence-electron chi connectivity index (χ3n) is 4.64. The van der Waals surface area contributed by atoms with E-state index in [4.69, 9.17) is 11.6 Å². The van der Waals surface area contributed by atoms with Crippen molar-refractivity contribution in [3.05, 3.63) is 56.4 Å². The van der Waals surface area contributed by atoms with Gasteiger partial charge in [-0.15, -0.1) is 11.3 Å². The lowest BCUT2D eigenvalue weighted by Gasteiger charge is -2.32. The summed E-state index contributed by atoms with van der Waals surface area (Å²) in [5.41, 5.74) is 1.19. The van der Waals surface area contributed by atoms with Crippen LogP contribution in [-0.2, 0) is 6.54 Å². The Morgan fingerprint density at radius 1 is 1.31 bits per heavy atom. The normalized spacial score (nSPS) is 15.7. The Balaban J connectivity index is 1.81. The fraction of sp³-hybridized carbons (Fsp3) is 0.333. The van der Waals surface area contributed by atoms with Crippen LogP contribution in [0.5, 0.6) is 0 Å². The summed E-state index contributed by atoms with van der Waals surface area (Å²) in [6, 6.07) is 6.00. The van der Waals surface area contributed by atoms with Gasteiger partial charge in [-0.05, 0) is 42.0 Å². The van der Waals surface area contributed by atoms with Crippen LogP contribution in [0.4, 0.5) is 10.3 Å². The lowest BCUT2D eigenvalue weighted by molar-refractivity contribution is 0.145. The van der Waals surface area contributed by atoms with Gasteiger partial charge in [-0.25, -0.2) is 9.37 Å². The number of fused-ring (bicyclic) bond motifs is 1. The largest absolute Gasteiger partial charge is 0.393 e. The Labute approximate surface area is 158 Å². The van der Waals surface area contributed by atoms with E-state index in [0.717, 1.165) is 0 Å². The molecule has 8 heteroatoms. The molecule has 1 saturated heterocycles. The summed E-state index contributed by atoms with van der Waals surface area (Å²) in [6.07, 6.45) is 0.951. The van der Waals surface area contributed by atoms with Gasteiger partial charge in [0, 0.05) is 18.1 Å².